The van der Waals surface area contributed by atoms with Crippen molar-refractivity contribution in [3.05, 3.63) is 12.2 Å². The first-order chi connectivity index (χ1) is 14.7. The van der Waals surface area contributed by atoms with Gasteiger partial charge in [-0.25, -0.2) is 4.79 Å². The number of halogens is 10. The average Bonchev–Trinajstić information content (AvgIpc) is 2.67. The van der Waals surface area contributed by atoms with E-state index in [1.807, 2.05) is 0 Å². The van der Waals surface area contributed by atoms with Crippen LogP contribution in [-0.2, 0) is 14.3 Å². The lowest BCUT2D eigenvalue weighted by atomic mass is 9.63. The van der Waals surface area contributed by atoms with Crippen LogP contribution in [-0.4, -0.2) is 52.3 Å². The summed E-state index contributed by atoms with van der Waals surface area (Å²) in [7, 11) is 0. The molecule has 1 N–H and O–H groups in total. The highest BCUT2D eigenvalue weighted by Gasteiger charge is 2.97. The zero-order valence-electron chi connectivity index (χ0n) is 17.5. The maximum Gasteiger partial charge on any atom is 0.462 e. The van der Waals surface area contributed by atoms with Gasteiger partial charge in [0.05, 0.1) is 0 Å². The quantitative estimate of drug-likeness (QED) is 0.304. The Morgan fingerprint density at radius 1 is 1.00 bits per heavy atom. The Kier molecular flexibility index (Phi) is 6.70. The predicted molar refractivity (Wildman–Crippen MR) is 91.3 cm³/mol. The Balaban J connectivity index is 3.03. The Hall–Kier alpha value is -1.57. The number of rotatable bonds is 4. The fourth-order valence-corrected chi connectivity index (χ4v) is 4.49. The van der Waals surface area contributed by atoms with E-state index in [0.717, 1.165) is 0 Å². The van der Waals surface area contributed by atoms with Crippen LogP contribution in [0.25, 0.3) is 0 Å². The smallest absolute Gasteiger partial charge is 0.414 e. The zero-order chi connectivity index (χ0) is 25.9. The van der Waals surface area contributed by atoms with Gasteiger partial charge in [0.2, 0.25) is 11.2 Å². The molecule has 0 radical (unpaired) electrons. The summed E-state index contributed by atoms with van der Waals surface area (Å²) in [5.41, 5.74) is -11.5. The third kappa shape index (κ3) is 3.45. The van der Waals surface area contributed by atoms with Crippen molar-refractivity contribution in [1.29, 1.82) is 0 Å². The molecule has 0 bridgehead atoms. The van der Waals surface area contributed by atoms with Crippen LogP contribution in [0.5, 0.6) is 0 Å². The SMILES string of the molecule is C=C(C)C(=O)OC1(C(F)(F)F)OC(C2CCCCC2)(C(F)(F)F)C(F)(F)C(O)(CC)C1(F)F. The third-order valence-corrected chi connectivity index (χ3v) is 6.29. The number of aliphatic hydroxyl groups is 1. The molecule has 0 spiro atoms. The summed E-state index contributed by atoms with van der Waals surface area (Å²) in [6, 6.07) is 0. The van der Waals surface area contributed by atoms with Crippen molar-refractivity contribution in [3.63, 3.8) is 0 Å². The lowest BCUT2D eigenvalue weighted by Gasteiger charge is -2.62. The van der Waals surface area contributed by atoms with Gasteiger partial charge >= 0.3 is 36.0 Å². The molecular formula is C19H22F10O4. The molecule has 1 saturated carbocycles. The summed E-state index contributed by atoms with van der Waals surface area (Å²) < 4.78 is 154. The van der Waals surface area contributed by atoms with E-state index >= 15 is 17.6 Å². The van der Waals surface area contributed by atoms with Crippen molar-refractivity contribution in [2.45, 2.75) is 93.6 Å². The lowest BCUT2D eigenvalue weighted by molar-refractivity contribution is -0.564. The summed E-state index contributed by atoms with van der Waals surface area (Å²) in [5, 5.41) is 10.3. The molecule has 192 valence electrons. The number of ether oxygens (including phenoxy) is 2. The van der Waals surface area contributed by atoms with E-state index in [9.17, 15) is 36.2 Å². The van der Waals surface area contributed by atoms with Gasteiger partial charge in [0.1, 0.15) is 0 Å². The predicted octanol–water partition coefficient (Wildman–Crippen LogP) is 5.69. The molecule has 1 aliphatic carbocycles. The summed E-state index contributed by atoms with van der Waals surface area (Å²) in [6.07, 6.45) is -16.6. The second kappa shape index (κ2) is 7.99. The standard InChI is InChI=1S/C19H22F10O4/c1-4-13(31)15(20,21)14(18(24,25)26,11-8-6-5-7-9-11)33-17(16(13,22)23,19(27,28)29)32-12(30)10(2)3/h11,31H,2,4-9H2,1,3H3. The molecule has 0 amide bonds. The molecule has 0 aromatic heterocycles. The fourth-order valence-electron chi connectivity index (χ4n) is 4.49. The van der Waals surface area contributed by atoms with Crippen LogP contribution in [0, 0.1) is 5.92 Å². The van der Waals surface area contributed by atoms with E-state index in [2.05, 4.69) is 16.1 Å². The number of esters is 1. The van der Waals surface area contributed by atoms with Crippen molar-refractivity contribution < 1.29 is 63.3 Å². The topological polar surface area (TPSA) is 55.8 Å². The molecule has 0 aromatic carbocycles. The van der Waals surface area contributed by atoms with E-state index in [4.69, 9.17) is 0 Å². The first-order valence-electron chi connectivity index (χ1n) is 9.90. The van der Waals surface area contributed by atoms with Gasteiger partial charge in [-0.05, 0) is 26.2 Å². The molecule has 14 heteroatoms. The van der Waals surface area contributed by atoms with Crippen molar-refractivity contribution in [2.24, 2.45) is 5.92 Å². The molecule has 4 nitrogen and oxygen atoms in total. The van der Waals surface area contributed by atoms with E-state index in [-0.39, 0.29) is 19.3 Å². The Bertz CT molecular complexity index is 786. The number of alkyl halides is 10. The maximum atomic E-state index is 15.5. The number of hydrogen-bond acceptors (Lipinski definition) is 4. The largest absolute Gasteiger partial charge is 0.462 e. The minimum absolute atomic E-state index is 0.145. The van der Waals surface area contributed by atoms with Gasteiger partial charge in [-0.1, -0.05) is 32.8 Å². The second-order valence-electron chi connectivity index (χ2n) is 8.32. The molecule has 3 atom stereocenters. The van der Waals surface area contributed by atoms with Crippen molar-refractivity contribution in [1.82, 2.24) is 0 Å². The van der Waals surface area contributed by atoms with Crippen molar-refractivity contribution >= 4 is 5.97 Å². The van der Waals surface area contributed by atoms with Crippen LogP contribution in [0.1, 0.15) is 52.4 Å². The Morgan fingerprint density at radius 3 is 1.85 bits per heavy atom. The Labute approximate surface area is 181 Å². The van der Waals surface area contributed by atoms with Gasteiger partial charge in [-0.2, -0.15) is 43.9 Å². The van der Waals surface area contributed by atoms with Crippen LogP contribution in [0.3, 0.4) is 0 Å². The molecule has 1 aliphatic heterocycles. The van der Waals surface area contributed by atoms with E-state index in [1.165, 1.54) is 0 Å². The maximum absolute atomic E-state index is 15.5. The highest BCUT2D eigenvalue weighted by atomic mass is 19.4. The van der Waals surface area contributed by atoms with Gasteiger partial charge in [0.25, 0.3) is 0 Å². The normalized spacial score (nSPS) is 35.2. The monoisotopic (exact) mass is 504 g/mol. The van der Waals surface area contributed by atoms with Crippen molar-refractivity contribution in [2.75, 3.05) is 0 Å². The molecule has 3 unspecified atom stereocenters. The second-order valence-corrected chi connectivity index (χ2v) is 8.32. The first kappa shape index (κ1) is 27.7. The van der Waals surface area contributed by atoms with Crippen molar-refractivity contribution in [3.8, 4) is 0 Å². The lowest BCUT2D eigenvalue weighted by Crippen LogP contribution is -2.89. The van der Waals surface area contributed by atoms with Gasteiger partial charge in [0, 0.05) is 11.5 Å². The van der Waals surface area contributed by atoms with E-state index in [1.54, 1.807) is 0 Å². The number of hydrogen-bond donors (Lipinski definition) is 1. The Morgan fingerprint density at radius 2 is 1.48 bits per heavy atom. The van der Waals surface area contributed by atoms with Gasteiger partial charge in [-0.15, -0.1) is 0 Å². The van der Waals surface area contributed by atoms with Gasteiger partial charge in [0.15, 0.2) is 0 Å². The number of carbonyl (C=O) groups excluding carboxylic acids is 1. The summed E-state index contributed by atoms with van der Waals surface area (Å²) >= 11 is 0. The van der Waals surface area contributed by atoms with Gasteiger partial charge < -0.3 is 14.6 Å². The minimum Gasteiger partial charge on any atom is -0.414 e. The van der Waals surface area contributed by atoms with Crippen LogP contribution in [0.4, 0.5) is 43.9 Å². The highest BCUT2D eigenvalue weighted by molar-refractivity contribution is 5.87. The molecule has 0 aromatic rings. The molecule has 2 fully saturated rings. The number of carbonyl (C=O) groups is 1. The molecular weight excluding hydrogens is 482 g/mol. The average molecular weight is 504 g/mol. The van der Waals surface area contributed by atoms with E-state index < -0.39 is 77.9 Å². The molecule has 2 rings (SSSR count). The highest BCUT2D eigenvalue weighted by Crippen LogP contribution is 2.69. The summed E-state index contributed by atoms with van der Waals surface area (Å²) in [5.74, 6) is -22.9. The first-order valence-corrected chi connectivity index (χ1v) is 9.90. The summed E-state index contributed by atoms with van der Waals surface area (Å²) in [4.78, 5) is 11.9. The van der Waals surface area contributed by atoms with Crippen LogP contribution < -0.4 is 0 Å². The zero-order valence-corrected chi connectivity index (χ0v) is 17.5. The summed E-state index contributed by atoms with van der Waals surface area (Å²) in [6.45, 7) is 3.91. The van der Waals surface area contributed by atoms with E-state index in [0.29, 0.717) is 13.8 Å². The van der Waals surface area contributed by atoms with Crippen LogP contribution in [0.15, 0.2) is 12.2 Å². The molecule has 1 saturated heterocycles. The minimum atomic E-state index is -6.69. The van der Waals surface area contributed by atoms with Gasteiger partial charge in [-0.3, -0.25) is 0 Å². The fraction of sp³-hybridized carbons (Fsp3) is 0.842. The van der Waals surface area contributed by atoms with Crippen LogP contribution >= 0.6 is 0 Å². The molecule has 1 heterocycles. The molecule has 33 heavy (non-hydrogen) atoms. The molecule has 2 aliphatic rings. The van der Waals surface area contributed by atoms with Crippen LogP contribution in [0.2, 0.25) is 0 Å². The third-order valence-electron chi connectivity index (χ3n) is 6.29.